The molecule has 0 bridgehead atoms. The molecular formula is C19H19N5O3S. The number of thiazole rings is 1. The van der Waals surface area contributed by atoms with E-state index in [9.17, 15) is 4.79 Å². The molecule has 28 heavy (non-hydrogen) atoms. The first-order valence-electron chi connectivity index (χ1n) is 8.83. The van der Waals surface area contributed by atoms with Crippen molar-refractivity contribution in [2.75, 3.05) is 13.7 Å². The van der Waals surface area contributed by atoms with Crippen LogP contribution in [0.25, 0.3) is 15.3 Å². The number of carbonyl (C=O) groups is 1. The summed E-state index contributed by atoms with van der Waals surface area (Å²) in [6.07, 6.45) is 3.09. The van der Waals surface area contributed by atoms with Gasteiger partial charge in [0.25, 0.3) is 0 Å². The summed E-state index contributed by atoms with van der Waals surface area (Å²) in [5.74, 6) is -0.389. The van der Waals surface area contributed by atoms with Gasteiger partial charge in [0.1, 0.15) is 11.8 Å². The van der Waals surface area contributed by atoms with Crippen molar-refractivity contribution in [3.05, 3.63) is 59.7 Å². The highest BCUT2D eigenvalue weighted by molar-refractivity contribution is 7.20. The molecule has 9 heteroatoms. The predicted octanol–water partition coefficient (Wildman–Crippen LogP) is 3.28. The van der Waals surface area contributed by atoms with Crippen molar-refractivity contribution in [1.82, 2.24) is 24.8 Å². The molecule has 0 saturated carbocycles. The number of aromatic nitrogens is 4. The highest BCUT2D eigenvalue weighted by Crippen LogP contribution is 2.27. The molecule has 0 aliphatic heterocycles. The molecule has 0 aliphatic rings. The van der Waals surface area contributed by atoms with Crippen LogP contribution in [0.5, 0.6) is 0 Å². The smallest absolute Gasteiger partial charge is 0.341 e. The van der Waals surface area contributed by atoms with Crippen LogP contribution in [0.2, 0.25) is 0 Å². The van der Waals surface area contributed by atoms with Gasteiger partial charge in [0.15, 0.2) is 0 Å². The third kappa shape index (κ3) is 3.67. The predicted molar refractivity (Wildman–Crippen MR) is 104 cm³/mol. The topological polar surface area (TPSA) is 86.3 Å². The van der Waals surface area contributed by atoms with E-state index in [4.69, 9.17) is 9.26 Å². The zero-order chi connectivity index (χ0) is 19.5. The number of benzene rings is 1. The Kier molecular flexibility index (Phi) is 5.18. The quantitative estimate of drug-likeness (QED) is 0.442. The minimum atomic E-state index is -0.389. The fourth-order valence-corrected chi connectivity index (χ4v) is 3.88. The Labute approximate surface area is 165 Å². The second-order valence-corrected chi connectivity index (χ2v) is 7.27. The summed E-state index contributed by atoms with van der Waals surface area (Å²) in [4.78, 5) is 19.1. The number of hydrogen-bond acceptors (Lipinski definition) is 8. The van der Waals surface area contributed by atoms with Crippen molar-refractivity contribution in [2.45, 2.75) is 20.0 Å². The van der Waals surface area contributed by atoms with Gasteiger partial charge in [-0.3, -0.25) is 4.90 Å². The van der Waals surface area contributed by atoms with Gasteiger partial charge >= 0.3 is 5.97 Å². The highest BCUT2D eigenvalue weighted by atomic mass is 32.1. The van der Waals surface area contributed by atoms with Crippen molar-refractivity contribution < 1.29 is 14.1 Å². The second kappa shape index (κ2) is 7.91. The third-order valence-electron chi connectivity index (χ3n) is 4.17. The van der Waals surface area contributed by atoms with E-state index in [0.29, 0.717) is 30.4 Å². The normalized spacial score (nSPS) is 11.4. The van der Waals surface area contributed by atoms with Crippen molar-refractivity contribution in [2.24, 2.45) is 0 Å². The van der Waals surface area contributed by atoms with Gasteiger partial charge < -0.3 is 9.26 Å². The first kappa shape index (κ1) is 18.3. The number of nitrogens with zero attached hydrogens (tertiary/aromatic N) is 5. The number of rotatable bonds is 7. The summed E-state index contributed by atoms with van der Waals surface area (Å²) in [5, 5.41) is 9.09. The summed E-state index contributed by atoms with van der Waals surface area (Å²) in [6.45, 7) is 3.13. The van der Waals surface area contributed by atoms with Gasteiger partial charge in [-0.25, -0.2) is 14.5 Å². The van der Waals surface area contributed by atoms with Crippen LogP contribution in [0.3, 0.4) is 0 Å². The van der Waals surface area contributed by atoms with Crippen molar-refractivity contribution in [3.8, 4) is 5.13 Å². The Balaban J connectivity index is 1.70. The highest BCUT2D eigenvalue weighted by Gasteiger charge is 2.22. The van der Waals surface area contributed by atoms with E-state index >= 15 is 0 Å². The van der Waals surface area contributed by atoms with Gasteiger partial charge in [-0.15, -0.1) is 0 Å². The van der Waals surface area contributed by atoms with E-state index in [1.807, 2.05) is 42.3 Å². The number of para-hydroxylation sites is 1. The lowest BCUT2D eigenvalue weighted by Crippen LogP contribution is -2.21. The Morgan fingerprint density at radius 1 is 1.29 bits per heavy atom. The zero-order valence-electron chi connectivity index (χ0n) is 15.5. The molecule has 0 amide bonds. The lowest BCUT2D eigenvalue weighted by molar-refractivity contribution is 0.0524. The summed E-state index contributed by atoms with van der Waals surface area (Å²) >= 11 is 1.53. The molecule has 0 aliphatic carbocycles. The number of carbonyl (C=O) groups excluding carboxylic acids is 1. The standard InChI is InChI=1S/C19H19N5O3S/c1-3-26-18(25)14-10-20-24(19-21-15-6-4-5-7-17(15)28-19)16(14)12-23(2)11-13-8-9-27-22-13/h4-10H,3,11-12H2,1-2H3. The van der Waals surface area contributed by atoms with Crippen LogP contribution in [0.4, 0.5) is 0 Å². The number of hydrogen-bond donors (Lipinski definition) is 0. The van der Waals surface area contributed by atoms with Crippen LogP contribution in [0.15, 0.2) is 47.3 Å². The van der Waals surface area contributed by atoms with E-state index in [1.54, 1.807) is 24.1 Å². The SMILES string of the molecule is CCOC(=O)c1cnn(-c2nc3ccccc3s2)c1CN(C)Cc1ccon1. The van der Waals surface area contributed by atoms with Crippen LogP contribution in [0, 0.1) is 0 Å². The van der Waals surface area contributed by atoms with Crippen LogP contribution in [0.1, 0.15) is 28.7 Å². The molecule has 144 valence electrons. The van der Waals surface area contributed by atoms with E-state index in [1.165, 1.54) is 11.3 Å². The zero-order valence-corrected chi connectivity index (χ0v) is 16.3. The van der Waals surface area contributed by atoms with Crippen molar-refractivity contribution >= 4 is 27.5 Å². The average molecular weight is 397 g/mol. The van der Waals surface area contributed by atoms with Crippen LogP contribution in [-0.4, -0.2) is 44.4 Å². The first-order valence-corrected chi connectivity index (χ1v) is 9.65. The molecule has 0 saturated heterocycles. The molecule has 0 fully saturated rings. The van der Waals surface area contributed by atoms with Gasteiger partial charge in [0.2, 0.25) is 5.13 Å². The Hall–Kier alpha value is -3.04. The molecule has 1 aromatic carbocycles. The van der Waals surface area contributed by atoms with Gasteiger partial charge in [-0.2, -0.15) is 5.10 Å². The summed E-state index contributed by atoms with van der Waals surface area (Å²) in [5.41, 5.74) is 2.88. The van der Waals surface area contributed by atoms with Gasteiger partial charge in [0.05, 0.1) is 34.4 Å². The lowest BCUT2D eigenvalue weighted by Gasteiger charge is -2.16. The molecule has 0 N–H and O–H groups in total. The van der Waals surface area contributed by atoms with E-state index < -0.39 is 0 Å². The van der Waals surface area contributed by atoms with Crippen molar-refractivity contribution in [1.29, 1.82) is 0 Å². The summed E-state index contributed by atoms with van der Waals surface area (Å²) in [6, 6.07) is 9.72. The second-order valence-electron chi connectivity index (χ2n) is 6.26. The summed E-state index contributed by atoms with van der Waals surface area (Å²) < 4.78 is 12.9. The van der Waals surface area contributed by atoms with Crippen LogP contribution in [-0.2, 0) is 17.8 Å². The maximum atomic E-state index is 12.4. The minimum absolute atomic E-state index is 0.305. The lowest BCUT2D eigenvalue weighted by atomic mass is 10.2. The van der Waals surface area contributed by atoms with Gasteiger partial charge in [0, 0.05) is 19.2 Å². The number of fused-ring (bicyclic) bond motifs is 1. The van der Waals surface area contributed by atoms with Crippen LogP contribution < -0.4 is 0 Å². The van der Waals surface area contributed by atoms with Gasteiger partial charge in [-0.05, 0) is 26.1 Å². The fourth-order valence-electron chi connectivity index (χ4n) is 2.93. The van der Waals surface area contributed by atoms with Crippen LogP contribution >= 0.6 is 11.3 Å². The first-order chi connectivity index (χ1) is 13.7. The molecule has 8 nitrogen and oxygen atoms in total. The van der Waals surface area contributed by atoms with E-state index in [0.717, 1.165) is 21.6 Å². The Bertz CT molecular complexity index is 1050. The average Bonchev–Trinajstić information content (AvgIpc) is 3.40. The maximum Gasteiger partial charge on any atom is 0.341 e. The molecule has 4 aromatic rings. The Morgan fingerprint density at radius 2 is 2.14 bits per heavy atom. The number of esters is 1. The monoisotopic (exact) mass is 397 g/mol. The molecular weight excluding hydrogens is 378 g/mol. The molecule has 3 heterocycles. The minimum Gasteiger partial charge on any atom is -0.462 e. The number of ether oxygens (including phenoxy) is 1. The van der Waals surface area contributed by atoms with E-state index in [-0.39, 0.29) is 5.97 Å². The van der Waals surface area contributed by atoms with Crippen molar-refractivity contribution in [3.63, 3.8) is 0 Å². The largest absolute Gasteiger partial charge is 0.462 e. The van der Waals surface area contributed by atoms with Gasteiger partial charge in [-0.1, -0.05) is 28.6 Å². The molecule has 0 atom stereocenters. The molecule has 4 rings (SSSR count). The maximum absolute atomic E-state index is 12.4. The molecule has 0 spiro atoms. The molecule has 0 unspecified atom stereocenters. The Morgan fingerprint density at radius 3 is 2.89 bits per heavy atom. The third-order valence-corrected chi connectivity index (χ3v) is 5.18. The molecule has 0 radical (unpaired) electrons. The fraction of sp³-hybridized carbons (Fsp3) is 0.263. The summed E-state index contributed by atoms with van der Waals surface area (Å²) in [7, 11) is 1.94. The van der Waals surface area contributed by atoms with E-state index in [2.05, 4.69) is 15.2 Å². The molecule has 3 aromatic heterocycles.